The number of hydrogen-bond donors (Lipinski definition) is 0. The average Bonchev–Trinajstić information content (AvgIpc) is 1.57. The maximum atomic E-state index is 2.33. The molecule has 52 valence electrons. The Balaban J connectivity index is 2.73. The SMILES string of the molecule is CC(C)(C)C1(C)C=CC1. The summed E-state index contributed by atoms with van der Waals surface area (Å²) < 4.78 is 0. The predicted molar refractivity (Wildman–Crippen MR) is 41.3 cm³/mol. The Kier molecular flexibility index (Phi) is 1.23. The van der Waals surface area contributed by atoms with E-state index in [4.69, 9.17) is 0 Å². The first-order valence-electron chi connectivity index (χ1n) is 3.63. The quantitative estimate of drug-likeness (QED) is 0.435. The lowest BCUT2D eigenvalue weighted by Crippen LogP contribution is -2.34. The Morgan fingerprint density at radius 3 is 1.78 bits per heavy atom. The van der Waals surface area contributed by atoms with E-state index < -0.39 is 0 Å². The average molecular weight is 124 g/mol. The monoisotopic (exact) mass is 124 g/mol. The highest BCUT2D eigenvalue weighted by molar-refractivity contribution is 5.15. The number of rotatable bonds is 0. The van der Waals surface area contributed by atoms with E-state index in [-0.39, 0.29) is 0 Å². The summed E-state index contributed by atoms with van der Waals surface area (Å²) in [5, 5.41) is 0. The van der Waals surface area contributed by atoms with Gasteiger partial charge in [-0.1, -0.05) is 39.8 Å². The topological polar surface area (TPSA) is 0 Å². The van der Waals surface area contributed by atoms with E-state index in [0.29, 0.717) is 10.8 Å². The van der Waals surface area contributed by atoms with Gasteiger partial charge in [-0.2, -0.15) is 0 Å². The summed E-state index contributed by atoms with van der Waals surface area (Å²) in [5.41, 5.74) is 0.925. The molecular weight excluding hydrogens is 108 g/mol. The Morgan fingerprint density at radius 1 is 1.33 bits per heavy atom. The van der Waals surface area contributed by atoms with Crippen LogP contribution in [-0.4, -0.2) is 0 Å². The highest BCUT2D eigenvalue weighted by Gasteiger charge is 2.37. The molecule has 0 amide bonds. The highest BCUT2D eigenvalue weighted by Crippen LogP contribution is 2.47. The van der Waals surface area contributed by atoms with E-state index in [1.54, 1.807) is 0 Å². The summed E-state index contributed by atoms with van der Waals surface area (Å²) >= 11 is 0. The molecule has 9 heavy (non-hydrogen) atoms. The second kappa shape index (κ2) is 1.62. The van der Waals surface area contributed by atoms with Crippen LogP contribution in [0.2, 0.25) is 0 Å². The van der Waals surface area contributed by atoms with Crippen molar-refractivity contribution in [3.63, 3.8) is 0 Å². The number of allylic oxidation sites excluding steroid dienone is 2. The van der Waals surface area contributed by atoms with Crippen molar-refractivity contribution >= 4 is 0 Å². The molecule has 1 aliphatic carbocycles. The molecule has 0 aliphatic heterocycles. The highest BCUT2D eigenvalue weighted by atomic mass is 14.4. The maximum Gasteiger partial charge on any atom is -0.00636 e. The van der Waals surface area contributed by atoms with E-state index in [1.807, 2.05) is 0 Å². The van der Waals surface area contributed by atoms with Gasteiger partial charge in [0.05, 0.1) is 0 Å². The molecule has 1 aliphatic rings. The summed E-state index contributed by atoms with van der Waals surface area (Å²) in [7, 11) is 0. The lowest BCUT2D eigenvalue weighted by molar-refractivity contribution is 0.151. The van der Waals surface area contributed by atoms with E-state index >= 15 is 0 Å². The third-order valence-electron chi connectivity index (χ3n) is 2.74. The third kappa shape index (κ3) is 0.910. The van der Waals surface area contributed by atoms with Gasteiger partial charge in [-0.3, -0.25) is 0 Å². The fraction of sp³-hybridized carbons (Fsp3) is 0.778. The molecule has 0 radical (unpaired) electrons. The summed E-state index contributed by atoms with van der Waals surface area (Å²) in [4.78, 5) is 0. The van der Waals surface area contributed by atoms with Gasteiger partial charge in [0.1, 0.15) is 0 Å². The third-order valence-corrected chi connectivity index (χ3v) is 2.74. The second-order valence-corrected chi connectivity index (χ2v) is 4.27. The molecule has 0 aromatic carbocycles. The molecule has 0 saturated carbocycles. The van der Waals surface area contributed by atoms with Crippen LogP contribution in [0.4, 0.5) is 0 Å². The van der Waals surface area contributed by atoms with Crippen LogP contribution < -0.4 is 0 Å². The molecule has 0 N–H and O–H groups in total. The maximum absolute atomic E-state index is 2.33. The summed E-state index contributed by atoms with van der Waals surface area (Å²) in [6.45, 7) is 9.23. The molecule has 0 bridgehead atoms. The molecule has 0 spiro atoms. The molecule has 0 saturated heterocycles. The van der Waals surface area contributed by atoms with Crippen molar-refractivity contribution in [1.82, 2.24) is 0 Å². The van der Waals surface area contributed by atoms with Crippen LogP contribution in [0.3, 0.4) is 0 Å². The van der Waals surface area contributed by atoms with Gasteiger partial charge < -0.3 is 0 Å². The molecule has 0 nitrogen and oxygen atoms in total. The largest absolute Gasteiger partial charge is 0.0871 e. The molecule has 0 aromatic heterocycles. The molecule has 1 atom stereocenters. The van der Waals surface area contributed by atoms with E-state index in [1.165, 1.54) is 6.42 Å². The molecule has 0 heteroatoms. The van der Waals surface area contributed by atoms with Gasteiger partial charge in [0.15, 0.2) is 0 Å². The van der Waals surface area contributed by atoms with E-state index in [0.717, 1.165) is 0 Å². The van der Waals surface area contributed by atoms with Gasteiger partial charge in [-0.05, 0) is 17.3 Å². The molecule has 0 fully saturated rings. The van der Waals surface area contributed by atoms with Crippen LogP contribution in [0, 0.1) is 10.8 Å². The summed E-state index contributed by atoms with van der Waals surface area (Å²) in [6, 6.07) is 0. The van der Waals surface area contributed by atoms with Crippen molar-refractivity contribution in [3.05, 3.63) is 12.2 Å². The zero-order valence-corrected chi connectivity index (χ0v) is 6.86. The van der Waals surface area contributed by atoms with Crippen molar-refractivity contribution in [3.8, 4) is 0 Å². The normalized spacial score (nSPS) is 34.2. The zero-order valence-electron chi connectivity index (χ0n) is 6.86. The van der Waals surface area contributed by atoms with Crippen LogP contribution in [0.25, 0.3) is 0 Å². The molecule has 1 rings (SSSR count). The molecule has 0 heterocycles. The van der Waals surface area contributed by atoms with Crippen LogP contribution in [-0.2, 0) is 0 Å². The standard InChI is InChI=1S/C9H16/c1-8(2,3)9(4)6-5-7-9/h5-6H,7H2,1-4H3. The van der Waals surface area contributed by atoms with Crippen LogP contribution in [0.1, 0.15) is 34.1 Å². The van der Waals surface area contributed by atoms with Crippen molar-refractivity contribution < 1.29 is 0 Å². The first kappa shape index (κ1) is 6.85. The lowest BCUT2D eigenvalue weighted by Gasteiger charge is -2.43. The van der Waals surface area contributed by atoms with Crippen molar-refractivity contribution in [2.75, 3.05) is 0 Å². The van der Waals surface area contributed by atoms with Crippen molar-refractivity contribution in [1.29, 1.82) is 0 Å². The Labute approximate surface area is 58.0 Å². The van der Waals surface area contributed by atoms with Crippen LogP contribution in [0.5, 0.6) is 0 Å². The van der Waals surface area contributed by atoms with E-state index in [2.05, 4.69) is 39.8 Å². The van der Waals surface area contributed by atoms with Crippen molar-refractivity contribution in [2.24, 2.45) is 10.8 Å². The van der Waals surface area contributed by atoms with E-state index in [9.17, 15) is 0 Å². The number of hydrogen-bond acceptors (Lipinski definition) is 0. The van der Waals surface area contributed by atoms with Gasteiger partial charge in [0, 0.05) is 0 Å². The minimum Gasteiger partial charge on any atom is -0.0871 e. The molecule has 1 unspecified atom stereocenters. The van der Waals surface area contributed by atoms with Gasteiger partial charge in [-0.15, -0.1) is 0 Å². The first-order valence-corrected chi connectivity index (χ1v) is 3.63. The molecule has 0 aromatic rings. The predicted octanol–water partition coefficient (Wildman–Crippen LogP) is 3.00. The minimum absolute atomic E-state index is 0.446. The van der Waals surface area contributed by atoms with Gasteiger partial charge in [0.2, 0.25) is 0 Å². The molecular formula is C9H16. The Bertz CT molecular complexity index is 137. The van der Waals surface area contributed by atoms with Crippen LogP contribution >= 0.6 is 0 Å². The second-order valence-electron chi connectivity index (χ2n) is 4.27. The summed E-state index contributed by atoms with van der Waals surface area (Å²) in [6.07, 6.45) is 5.84. The summed E-state index contributed by atoms with van der Waals surface area (Å²) in [5.74, 6) is 0. The van der Waals surface area contributed by atoms with Crippen LogP contribution in [0.15, 0.2) is 12.2 Å². The fourth-order valence-corrected chi connectivity index (χ4v) is 1.03. The van der Waals surface area contributed by atoms with Gasteiger partial charge >= 0.3 is 0 Å². The fourth-order valence-electron chi connectivity index (χ4n) is 1.03. The lowest BCUT2D eigenvalue weighted by atomic mass is 9.61. The first-order chi connectivity index (χ1) is 3.96. The van der Waals surface area contributed by atoms with Gasteiger partial charge in [0.25, 0.3) is 0 Å². The minimum atomic E-state index is 0.446. The Morgan fingerprint density at radius 2 is 1.78 bits per heavy atom. The zero-order chi connectivity index (χ0) is 7.12. The van der Waals surface area contributed by atoms with Crippen molar-refractivity contribution in [2.45, 2.75) is 34.1 Å². The Hall–Kier alpha value is -0.260. The van der Waals surface area contributed by atoms with Gasteiger partial charge in [-0.25, -0.2) is 0 Å². The smallest absolute Gasteiger partial charge is 0.00636 e.